The molecular weight excluding hydrogens is 148 g/mol. The molecule has 1 aromatic heterocycles. The van der Waals surface area contributed by atoms with Crippen LogP contribution in [0, 0.1) is 5.92 Å². The number of hydrogen-bond donors (Lipinski definition) is 2. The molecule has 0 aromatic carbocycles. The Morgan fingerprint density at radius 1 is 1.42 bits per heavy atom. The van der Waals surface area contributed by atoms with Crippen molar-refractivity contribution in [2.24, 2.45) is 5.92 Å². The molecule has 2 heteroatoms. The first-order chi connectivity index (χ1) is 5.70. The number of aromatic amines is 1. The lowest BCUT2D eigenvalue weighted by atomic mass is 10.1. The second-order valence-corrected chi connectivity index (χ2v) is 3.63. The summed E-state index contributed by atoms with van der Waals surface area (Å²) in [5.74, 6) is 0.698. The first-order valence-corrected chi connectivity index (χ1v) is 4.55. The standard InChI is InChI=1S/C10H18N2/c1-8(2)9(3)12-7-10-4-5-11-6-10/h4-6,8-9,11-12H,7H2,1-3H3. The summed E-state index contributed by atoms with van der Waals surface area (Å²) in [5.41, 5.74) is 1.32. The molecule has 0 saturated carbocycles. The minimum Gasteiger partial charge on any atom is -0.367 e. The third-order valence-corrected chi connectivity index (χ3v) is 2.29. The molecule has 0 aliphatic heterocycles. The van der Waals surface area contributed by atoms with E-state index in [1.807, 2.05) is 12.4 Å². The summed E-state index contributed by atoms with van der Waals surface area (Å²) in [4.78, 5) is 3.04. The number of aromatic nitrogens is 1. The van der Waals surface area contributed by atoms with E-state index < -0.39 is 0 Å². The summed E-state index contributed by atoms with van der Waals surface area (Å²) in [7, 11) is 0. The predicted octanol–water partition coefficient (Wildman–Crippen LogP) is 2.15. The fourth-order valence-corrected chi connectivity index (χ4v) is 0.983. The second kappa shape index (κ2) is 4.31. The third kappa shape index (κ3) is 2.70. The molecule has 0 amide bonds. The molecule has 0 spiro atoms. The van der Waals surface area contributed by atoms with Crippen molar-refractivity contribution in [2.75, 3.05) is 0 Å². The molecule has 2 N–H and O–H groups in total. The Labute approximate surface area is 74.4 Å². The van der Waals surface area contributed by atoms with Crippen molar-refractivity contribution in [3.63, 3.8) is 0 Å². The summed E-state index contributed by atoms with van der Waals surface area (Å²) in [6, 6.07) is 2.68. The van der Waals surface area contributed by atoms with Gasteiger partial charge in [0, 0.05) is 25.0 Å². The monoisotopic (exact) mass is 166 g/mol. The maximum Gasteiger partial charge on any atom is 0.0223 e. The molecule has 1 aromatic rings. The lowest BCUT2D eigenvalue weighted by Crippen LogP contribution is -2.29. The van der Waals surface area contributed by atoms with Gasteiger partial charge in [-0.05, 0) is 24.5 Å². The predicted molar refractivity (Wildman–Crippen MR) is 51.9 cm³/mol. The van der Waals surface area contributed by atoms with E-state index in [4.69, 9.17) is 0 Å². The van der Waals surface area contributed by atoms with Gasteiger partial charge in [0.1, 0.15) is 0 Å². The molecule has 1 unspecified atom stereocenters. The zero-order chi connectivity index (χ0) is 8.97. The van der Waals surface area contributed by atoms with Crippen LogP contribution in [0.15, 0.2) is 18.5 Å². The van der Waals surface area contributed by atoms with Crippen molar-refractivity contribution >= 4 is 0 Å². The Hall–Kier alpha value is -0.760. The first kappa shape index (κ1) is 9.33. The van der Waals surface area contributed by atoms with Crippen LogP contribution in [0.3, 0.4) is 0 Å². The van der Waals surface area contributed by atoms with Crippen LogP contribution in [-0.4, -0.2) is 11.0 Å². The van der Waals surface area contributed by atoms with Gasteiger partial charge in [0.25, 0.3) is 0 Å². The Morgan fingerprint density at radius 2 is 2.17 bits per heavy atom. The molecule has 0 saturated heterocycles. The van der Waals surface area contributed by atoms with Gasteiger partial charge in [-0.15, -0.1) is 0 Å². The lowest BCUT2D eigenvalue weighted by molar-refractivity contribution is 0.426. The van der Waals surface area contributed by atoms with E-state index in [0.29, 0.717) is 12.0 Å². The number of hydrogen-bond acceptors (Lipinski definition) is 1. The minimum atomic E-state index is 0.583. The molecule has 0 fully saturated rings. The molecule has 0 aliphatic carbocycles. The minimum absolute atomic E-state index is 0.583. The van der Waals surface area contributed by atoms with Gasteiger partial charge in [0.15, 0.2) is 0 Å². The number of nitrogens with one attached hydrogen (secondary N) is 2. The molecule has 0 bridgehead atoms. The summed E-state index contributed by atoms with van der Waals surface area (Å²) in [6.07, 6.45) is 3.98. The van der Waals surface area contributed by atoms with Gasteiger partial charge < -0.3 is 10.3 Å². The van der Waals surface area contributed by atoms with Crippen LogP contribution < -0.4 is 5.32 Å². The highest BCUT2D eigenvalue weighted by atomic mass is 14.9. The van der Waals surface area contributed by atoms with Crippen molar-refractivity contribution in [3.05, 3.63) is 24.0 Å². The van der Waals surface area contributed by atoms with E-state index in [-0.39, 0.29) is 0 Å². The maximum atomic E-state index is 3.46. The molecule has 2 nitrogen and oxygen atoms in total. The van der Waals surface area contributed by atoms with E-state index in [1.54, 1.807) is 0 Å². The summed E-state index contributed by atoms with van der Waals surface area (Å²) < 4.78 is 0. The van der Waals surface area contributed by atoms with Crippen molar-refractivity contribution < 1.29 is 0 Å². The van der Waals surface area contributed by atoms with Gasteiger partial charge >= 0.3 is 0 Å². The smallest absolute Gasteiger partial charge is 0.0223 e. The third-order valence-electron chi connectivity index (χ3n) is 2.29. The van der Waals surface area contributed by atoms with Crippen LogP contribution in [0.4, 0.5) is 0 Å². The van der Waals surface area contributed by atoms with Crippen LogP contribution in [0.2, 0.25) is 0 Å². The molecule has 1 rings (SSSR count). The highest BCUT2D eigenvalue weighted by Crippen LogP contribution is 2.02. The van der Waals surface area contributed by atoms with Crippen molar-refractivity contribution in [3.8, 4) is 0 Å². The Kier molecular flexibility index (Phi) is 3.35. The Morgan fingerprint density at radius 3 is 2.67 bits per heavy atom. The van der Waals surface area contributed by atoms with Crippen LogP contribution >= 0.6 is 0 Å². The highest BCUT2D eigenvalue weighted by molar-refractivity contribution is 5.07. The lowest BCUT2D eigenvalue weighted by Gasteiger charge is -2.16. The molecule has 0 aliphatic rings. The molecule has 68 valence electrons. The van der Waals surface area contributed by atoms with Gasteiger partial charge in [-0.3, -0.25) is 0 Å². The van der Waals surface area contributed by atoms with Gasteiger partial charge in [0.2, 0.25) is 0 Å². The molecule has 1 heterocycles. The molecular formula is C10H18N2. The number of H-pyrrole nitrogens is 1. The topological polar surface area (TPSA) is 27.8 Å². The van der Waals surface area contributed by atoms with Gasteiger partial charge in [0.05, 0.1) is 0 Å². The van der Waals surface area contributed by atoms with E-state index in [1.165, 1.54) is 5.56 Å². The quantitative estimate of drug-likeness (QED) is 0.704. The van der Waals surface area contributed by atoms with Crippen LogP contribution in [0.25, 0.3) is 0 Å². The summed E-state index contributed by atoms with van der Waals surface area (Å²) >= 11 is 0. The largest absolute Gasteiger partial charge is 0.367 e. The van der Waals surface area contributed by atoms with Crippen LogP contribution in [0.1, 0.15) is 26.3 Å². The average molecular weight is 166 g/mol. The second-order valence-electron chi connectivity index (χ2n) is 3.63. The van der Waals surface area contributed by atoms with Gasteiger partial charge in [-0.2, -0.15) is 0 Å². The normalized spacial score (nSPS) is 13.7. The van der Waals surface area contributed by atoms with E-state index in [0.717, 1.165) is 6.54 Å². The van der Waals surface area contributed by atoms with Crippen molar-refractivity contribution in [2.45, 2.75) is 33.4 Å². The zero-order valence-corrected chi connectivity index (χ0v) is 8.09. The molecule has 12 heavy (non-hydrogen) atoms. The van der Waals surface area contributed by atoms with Gasteiger partial charge in [-0.1, -0.05) is 13.8 Å². The Balaban J connectivity index is 2.27. The van der Waals surface area contributed by atoms with Gasteiger partial charge in [-0.25, -0.2) is 0 Å². The van der Waals surface area contributed by atoms with Crippen LogP contribution in [-0.2, 0) is 6.54 Å². The zero-order valence-electron chi connectivity index (χ0n) is 8.09. The first-order valence-electron chi connectivity index (χ1n) is 4.55. The van der Waals surface area contributed by atoms with Crippen molar-refractivity contribution in [1.82, 2.24) is 10.3 Å². The van der Waals surface area contributed by atoms with E-state index in [2.05, 4.69) is 37.1 Å². The molecule has 0 radical (unpaired) electrons. The SMILES string of the molecule is CC(C)C(C)NCc1cc[nH]c1. The van der Waals surface area contributed by atoms with Crippen LogP contribution in [0.5, 0.6) is 0 Å². The fourth-order valence-electron chi connectivity index (χ4n) is 0.983. The Bertz CT molecular complexity index is 202. The van der Waals surface area contributed by atoms with E-state index >= 15 is 0 Å². The maximum absolute atomic E-state index is 3.46. The average Bonchev–Trinajstić information content (AvgIpc) is 2.51. The summed E-state index contributed by atoms with van der Waals surface area (Å²) in [5, 5.41) is 3.46. The fraction of sp³-hybridized carbons (Fsp3) is 0.600. The van der Waals surface area contributed by atoms with E-state index in [9.17, 15) is 0 Å². The molecule has 1 atom stereocenters. The van der Waals surface area contributed by atoms with Crippen molar-refractivity contribution in [1.29, 1.82) is 0 Å². The summed E-state index contributed by atoms with van der Waals surface area (Å²) in [6.45, 7) is 7.64. The number of rotatable bonds is 4. The highest BCUT2D eigenvalue weighted by Gasteiger charge is 2.05.